The quantitative estimate of drug-likeness (QED) is 0.702. The zero-order valence-electron chi connectivity index (χ0n) is 12.4. The minimum absolute atomic E-state index is 0.450. The molecule has 106 valence electrons. The first-order chi connectivity index (χ1) is 9.22. The van der Waals surface area contributed by atoms with Gasteiger partial charge in [-0.15, -0.1) is 0 Å². The van der Waals surface area contributed by atoms with E-state index in [4.69, 9.17) is 4.74 Å². The van der Waals surface area contributed by atoms with Gasteiger partial charge in [0.1, 0.15) is 0 Å². The van der Waals surface area contributed by atoms with Crippen LogP contribution in [0.4, 0.5) is 0 Å². The van der Waals surface area contributed by atoms with Crippen molar-refractivity contribution in [1.82, 2.24) is 0 Å². The average molecular weight is 261 g/mol. The van der Waals surface area contributed by atoms with E-state index < -0.39 is 0 Å². The molecule has 2 aliphatic carbocycles. The number of allylic oxidation sites excluding steroid dienone is 2. The Bertz CT molecular complexity index is 339. The zero-order chi connectivity index (χ0) is 13.7. The summed E-state index contributed by atoms with van der Waals surface area (Å²) in [6, 6.07) is 2.49. The molecule has 0 heterocycles. The molecule has 0 saturated heterocycles. The maximum atomic E-state index is 9.43. The van der Waals surface area contributed by atoms with E-state index in [1.54, 1.807) is 0 Å². The molecular weight excluding hydrogens is 234 g/mol. The molecule has 0 aromatic carbocycles. The molecule has 2 fully saturated rings. The summed E-state index contributed by atoms with van der Waals surface area (Å²) in [5.74, 6) is 2.01. The Kier molecular flexibility index (Phi) is 5.45. The standard InChI is InChI=1S/C17H27NO/c1-13-3-7-15(8-4-13)16(12-18)11-14-5-9-17(19-2)10-6-14/h11,13-15,17H,3-10H2,1-2H3/b16-11+. The predicted molar refractivity (Wildman–Crippen MR) is 77.6 cm³/mol. The van der Waals surface area contributed by atoms with Crippen molar-refractivity contribution in [3.8, 4) is 6.07 Å². The fraction of sp³-hybridized carbons (Fsp3) is 0.824. The summed E-state index contributed by atoms with van der Waals surface area (Å²) < 4.78 is 5.41. The number of nitrogens with zero attached hydrogens (tertiary/aromatic N) is 1. The van der Waals surface area contributed by atoms with E-state index in [9.17, 15) is 5.26 Å². The van der Waals surface area contributed by atoms with E-state index in [0.717, 1.165) is 24.3 Å². The summed E-state index contributed by atoms with van der Waals surface area (Å²) in [5.41, 5.74) is 1.08. The maximum Gasteiger partial charge on any atom is 0.0946 e. The van der Waals surface area contributed by atoms with Gasteiger partial charge in [0.25, 0.3) is 0 Å². The molecule has 2 aliphatic rings. The topological polar surface area (TPSA) is 33.0 Å². The molecule has 19 heavy (non-hydrogen) atoms. The largest absolute Gasteiger partial charge is 0.381 e. The minimum Gasteiger partial charge on any atom is -0.381 e. The lowest BCUT2D eigenvalue weighted by molar-refractivity contribution is 0.0625. The fourth-order valence-electron chi connectivity index (χ4n) is 3.58. The van der Waals surface area contributed by atoms with Gasteiger partial charge in [-0.3, -0.25) is 0 Å². The first-order valence-electron chi connectivity index (χ1n) is 7.87. The molecule has 0 amide bonds. The molecule has 0 spiro atoms. The first-order valence-corrected chi connectivity index (χ1v) is 7.87. The second-order valence-corrected chi connectivity index (χ2v) is 6.46. The zero-order valence-corrected chi connectivity index (χ0v) is 12.4. The number of rotatable bonds is 3. The lowest BCUT2D eigenvalue weighted by Gasteiger charge is -2.28. The number of methoxy groups -OCH3 is 1. The van der Waals surface area contributed by atoms with Gasteiger partial charge in [-0.2, -0.15) is 5.26 Å². The Morgan fingerprint density at radius 2 is 1.68 bits per heavy atom. The van der Waals surface area contributed by atoms with Crippen LogP contribution in [0.1, 0.15) is 58.3 Å². The summed E-state index contributed by atoms with van der Waals surface area (Å²) in [5, 5.41) is 9.43. The van der Waals surface area contributed by atoms with Gasteiger partial charge < -0.3 is 4.74 Å². The van der Waals surface area contributed by atoms with Crippen LogP contribution in [0.2, 0.25) is 0 Å². The second kappa shape index (κ2) is 7.10. The molecular formula is C17H27NO. The molecule has 2 heteroatoms. The van der Waals surface area contributed by atoms with E-state index >= 15 is 0 Å². The first kappa shape index (κ1) is 14.6. The van der Waals surface area contributed by atoms with Gasteiger partial charge >= 0.3 is 0 Å². The van der Waals surface area contributed by atoms with Crippen LogP contribution in [0.15, 0.2) is 11.6 Å². The van der Waals surface area contributed by atoms with Crippen molar-refractivity contribution in [2.24, 2.45) is 17.8 Å². The molecule has 0 radical (unpaired) electrons. The number of nitriles is 1. The third-order valence-corrected chi connectivity index (χ3v) is 5.05. The third kappa shape index (κ3) is 4.08. The highest BCUT2D eigenvalue weighted by Gasteiger charge is 2.24. The van der Waals surface area contributed by atoms with Crippen molar-refractivity contribution in [3.05, 3.63) is 11.6 Å². The average Bonchev–Trinajstić information content (AvgIpc) is 2.46. The molecule has 2 rings (SSSR count). The molecule has 0 unspecified atom stereocenters. The molecule has 0 aromatic rings. The van der Waals surface area contributed by atoms with Crippen molar-refractivity contribution in [3.63, 3.8) is 0 Å². The lowest BCUT2D eigenvalue weighted by Crippen LogP contribution is -2.20. The molecule has 0 bridgehead atoms. The van der Waals surface area contributed by atoms with Crippen molar-refractivity contribution >= 4 is 0 Å². The van der Waals surface area contributed by atoms with Gasteiger partial charge in [-0.1, -0.05) is 25.8 Å². The highest BCUT2D eigenvalue weighted by molar-refractivity contribution is 5.25. The molecule has 2 saturated carbocycles. The third-order valence-electron chi connectivity index (χ3n) is 5.05. The summed E-state index contributed by atoms with van der Waals surface area (Å²) >= 11 is 0. The van der Waals surface area contributed by atoms with Crippen molar-refractivity contribution in [2.45, 2.75) is 64.4 Å². The summed E-state index contributed by atoms with van der Waals surface area (Å²) in [6.45, 7) is 2.33. The molecule has 0 N–H and O–H groups in total. The van der Waals surface area contributed by atoms with Gasteiger partial charge in [0.15, 0.2) is 0 Å². The lowest BCUT2D eigenvalue weighted by atomic mass is 9.77. The van der Waals surface area contributed by atoms with Crippen LogP contribution in [0.5, 0.6) is 0 Å². The summed E-state index contributed by atoms with van der Waals surface area (Å²) in [4.78, 5) is 0. The SMILES string of the molecule is COC1CCC(/C=C(\C#N)C2CCC(C)CC2)CC1. The number of hydrogen-bond acceptors (Lipinski definition) is 2. The highest BCUT2D eigenvalue weighted by Crippen LogP contribution is 2.35. The predicted octanol–water partition coefficient (Wildman–Crippen LogP) is 4.47. The van der Waals surface area contributed by atoms with Crippen LogP contribution in [0.25, 0.3) is 0 Å². The molecule has 0 atom stereocenters. The van der Waals surface area contributed by atoms with E-state index in [0.29, 0.717) is 17.9 Å². The van der Waals surface area contributed by atoms with E-state index in [1.807, 2.05) is 7.11 Å². The Morgan fingerprint density at radius 3 is 2.21 bits per heavy atom. The van der Waals surface area contributed by atoms with Crippen molar-refractivity contribution in [2.75, 3.05) is 7.11 Å². The smallest absolute Gasteiger partial charge is 0.0946 e. The van der Waals surface area contributed by atoms with E-state index in [2.05, 4.69) is 19.1 Å². The van der Waals surface area contributed by atoms with E-state index in [1.165, 1.54) is 38.5 Å². The molecule has 0 aliphatic heterocycles. The number of ether oxygens (including phenoxy) is 1. The van der Waals surface area contributed by atoms with Gasteiger partial charge in [0, 0.05) is 12.7 Å². The monoisotopic (exact) mass is 261 g/mol. The Balaban J connectivity index is 1.91. The minimum atomic E-state index is 0.450. The van der Waals surface area contributed by atoms with Crippen molar-refractivity contribution in [1.29, 1.82) is 5.26 Å². The van der Waals surface area contributed by atoms with Crippen LogP contribution in [0.3, 0.4) is 0 Å². The molecule has 2 nitrogen and oxygen atoms in total. The van der Waals surface area contributed by atoms with E-state index in [-0.39, 0.29) is 0 Å². The number of hydrogen-bond donors (Lipinski definition) is 0. The normalized spacial score (nSPS) is 36.8. The maximum absolute atomic E-state index is 9.43. The summed E-state index contributed by atoms with van der Waals surface area (Å²) in [7, 11) is 1.81. The van der Waals surface area contributed by atoms with Gasteiger partial charge in [-0.05, 0) is 56.3 Å². The highest BCUT2D eigenvalue weighted by atomic mass is 16.5. The van der Waals surface area contributed by atoms with Gasteiger partial charge in [-0.25, -0.2) is 0 Å². The van der Waals surface area contributed by atoms with Crippen molar-refractivity contribution < 1.29 is 4.74 Å². The summed E-state index contributed by atoms with van der Waals surface area (Å²) in [6.07, 6.45) is 12.4. The van der Waals surface area contributed by atoms with Crippen LogP contribution in [-0.4, -0.2) is 13.2 Å². The fourth-order valence-corrected chi connectivity index (χ4v) is 3.58. The van der Waals surface area contributed by atoms with Crippen LogP contribution >= 0.6 is 0 Å². The van der Waals surface area contributed by atoms with Crippen LogP contribution in [-0.2, 0) is 4.74 Å². The van der Waals surface area contributed by atoms with Gasteiger partial charge in [0.2, 0.25) is 0 Å². The van der Waals surface area contributed by atoms with Crippen LogP contribution < -0.4 is 0 Å². The Labute approximate surface area is 117 Å². The van der Waals surface area contributed by atoms with Gasteiger partial charge in [0.05, 0.1) is 12.2 Å². The second-order valence-electron chi connectivity index (χ2n) is 6.46. The Hall–Kier alpha value is -0.810. The van der Waals surface area contributed by atoms with Crippen LogP contribution in [0, 0.1) is 29.1 Å². The Morgan fingerprint density at radius 1 is 1.05 bits per heavy atom. The molecule has 0 aromatic heterocycles.